The Morgan fingerprint density at radius 1 is 1.11 bits per heavy atom. The molecule has 0 aliphatic rings. The van der Waals surface area contributed by atoms with Gasteiger partial charge in [0.1, 0.15) is 16.5 Å². The summed E-state index contributed by atoms with van der Waals surface area (Å²) in [6.07, 6.45) is -0.782. The van der Waals surface area contributed by atoms with Crippen LogP contribution in [-0.4, -0.2) is 22.9 Å². The fourth-order valence-corrected chi connectivity index (χ4v) is 3.36. The van der Waals surface area contributed by atoms with E-state index >= 15 is 0 Å². The number of rotatable bonds is 5. The molecule has 0 aliphatic heterocycles. The number of benzene rings is 2. The van der Waals surface area contributed by atoms with Gasteiger partial charge in [-0.25, -0.2) is 4.98 Å². The number of hydrogen-bond donors (Lipinski definition) is 2. The molecule has 0 fully saturated rings. The monoisotopic (exact) mass is 445 g/mol. The summed E-state index contributed by atoms with van der Waals surface area (Å²) < 4.78 is 6.40. The Morgan fingerprint density at radius 3 is 2.63 bits per heavy atom. The van der Waals surface area contributed by atoms with Crippen molar-refractivity contribution in [2.45, 2.75) is 13.0 Å². The van der Waals surface area contributed by atoms with Crippen LogP contribution in [0.2, 0.25) is 0 Å². The van der Waals surface area contributed by atoms with Crippen molar-refractivity contribution in [3.8, 4) is 16.3 Å². The third-order valence-electron chi connectivity index (χ3n) is 3.53. The average Bonchev–Trinajstić information content (AvgIpc) is 3.17. The van der Waals surface area contributed by atoms with Crippen LogP contribution in [0, 0.1) is 0 Å². The molecular formula is C19H16BrN3O3S. The molecule has 0 bridgehead atoms. The fraction of sp³-hybridized carbons (Fsp3) is 0.105. The summed E-state index contributed by atoms with van der Waals surface area (Å²) in [7, 11) is 0. The molecule has 1 heterocycles. The van der Waals surface area contributed by atoms with E-state index in [1.54, 1.807) is 30.5 Å². The van der Waals surface area contributed by atoms with Crippen LogP contribution in [0.25, 0.3) is 10.6 Å². The number of ether oxygens (including phenoxy) is 1. The molecular weight excluding hydrogens is 430 g/mol. The molecule has 0 radical (unpaired) electrons. The van der Waals surface area contributed by atoms with Crippen molar-refractivity contribution in [1.29, 1.82) is 0 Å². The van der Waals surface area contributed by atoms with Crippen LogP contribution in [0.5, 0.6) is 5.75 Å². The van der Waals surface area contributed by atoms with E-state index in [4.69, 9.17) is 4.74 Å². The Hall–Kier alpha value is -2.71. The number of carbonyl (C=O) groups excluding carboxylic acids is 2. The predicted octanol–water partition coefficient (Wildman–Crippen LogP) is 3.80. The number of thiazole rings is 1. The van der Waals surface area contributed by atoms with Gasteiger partial charge in [0, 0.05) is 15.4 Å². The first-order valence-electron chi connectivity index (χ1n) is 8.06. The number of aromatic nitrogens is 1. The van der Waals surface area contributed by atoms with E-state index in [1.807, 2.05) is 36.4 Å². The zero-order valence-electron chi connectivity index (χ0n) is 14.3. The molecule has 2 N–H and O–H groups in total. The Balaban J connectivity index is 1.54. The number of hydrogen-bond acceptors (Lipinski definition) is 5. The van der Waals surface area contributed by atoms with Gasteiger partial charge in [-0.3, -0.25) is 20.4 Å². The highest BCUT2D eigenvalue weighted by Crippen LogP contribution is 2.23. The Labute approximate surface area is 168 Å². The van der Waals surface area contributed by atoms with Crippen molar-refractivity contribution >= 4 is 39.1 Å². The van der Waals surface area contributed by atoms with Gasteiger partial charge >= 0.3 is 0 Å². The van der Waals surface area contributed by atoms with Gasteiger partial charge in [-0.05, 0) is 25.1 Å². The summed E-state index contributed by atoms with van der Waals surface area (Å²) in [6, 6.07) is 16.7. The summed E-state index contributed by atoms with van der Waals surface area (Å²) in [5.74, 6) is -0.413. The maximum atomic E-state index is 12.2. The van der Waals surface area contributed by atoms with Gasteiger partial charge in [-0.2, -0.15) is 0 Å². The molecule has 138 valence electrons. The van der Waals surface area contributed by atoms with Crippen LogP contribution >= 0.6 is 27.3 Å². The van der Waals surface area contributed by atoms with E-state index in [2.05, 4.69) is 31.8 Å². The second kappa shape index (κ2) is 8.79. The molecule has 0 spiro atoms. The standard InChI is InChI=1S/C19H16BrN3O3S/c1-12(26-15-9-5-8-14(20)10-15)17(24)22-23-18(25)16-11-27-19(21-16)13-6-3-2-4-7-13/h2-12H,1H3,(H,22,24)(H,23,25). The van der Waals surface area contributed by atoms with Crippen LogP contribution in [0.3, 0.4) is 0 Å². The summed E-state index contributed by atoms with van der Waals surface area (Å²) >= 11 is 4.70. The summed E-state index contributed by atoms with van der Waals surface area (Å²) in [4.78, 5) is 28.6. The third-order valence-corrected chi connectivity index (χ3v) is 4.92. The average molecular weight is 446 g/mol. The van der Waals surface area contributed by atoms with Crippen molar-refractivity contribution in [2.75, 3.05) is 0 Å². The molecule has 1 unspecified atom stereocenters. The van der Waals surface area contributed by atoms with Gasteiger partial charge in [0.15, 0.2) is 6.10 Å². The van der Waals surface area contributed by atoms with E-state index in [9.17, 15) is 9.59 Å². The minimum absolute atomic E-state index is 0.236. The lowest BCUT2D eigenvalue weighted by Gasteiger charge is -2.15. The summed E-state index contributed by atoms with van der Waals surface area (Å²) in [5.41, 5.74) is 5.88. The van der Waals surface area contributed by atoms with Gasteiger partial charge < -0.3 is 4.74 Å². The smallest absolute Gasteiger partial charge is 0.289 e. The number of halogens is 1. The van der Waals surface area contributed by atoms with Crippen molar-refractivity contribution in [3.05, 3.63) is 70.1 Å². The second-order valence-corrected chi connectivity index (χ2v) is 7.34. The van der Waals surface area contributed by atoms with Gasteiger partial charge in [-0.15, -0.1) is 11.3 Å². The minimum atomic E-state index is -0.782. The van der Waals surface area contributed by atoms with Gasteiger partial charge in [-0.1, -0.05) is 52.3 Å². The van der Waals surface area contributed by atoms with E-state index < -0.39 is 17.9 Å². The molecule has 2 aromatic carbocycles. The van der Waals surface area contributed by atoms with Crippen LogP contribution in [0.4, 0.5) is 0 Å². The molecule has 6 nitrogen and oxygen atoms in total. The summed E-state index contributed by atoms with van der Waals surface area (Å²) in [5, 5.41) is 2.38. The van der Waals surface area contributed by atoms with Gasteiger partial charge in [0.05, 0.1) is 0 Å². The topological polar surface area (TPSA) is 80.3 Å². The molecule has 0 saturated carbocycles. The number of amides is 2. The van der Waals surface area contributed by atoms with E-state index in [0.29, 0.717) is 5.75 Å². The molecule has 1 aromatic heterocycles. The van der Waals surface area contributed by atoms with Crippen LogP contribution in [0.1, 0.15) is 17.4 Å². The normalized spacial score (nSPS) is 11.5. The highest BCUT2D eigenvalue weighted by Gasteiger charge is 2.17. The quantitative estimate of drug-likeness (QED) is 0.585. The third kappa shape index (κ3) is 5.15. The maximum absolute atomic E-state index is 12.2. The molecule has 3 aromatic rings. The highest BCUT2D eigenvalue weighted by molar-refractivity contribution is 9.10. The number of hydrazine groups is 1. The van der Waals surface area contributed by atoms with Crippen molar-refractivity contribution < 1.29 is 14.3 Å². The van der Waals surface area contributed by atoms with Gasteiger partial charge in [0.25, 0.3) is 11.8 Å². The molecule has 0 saturated heterocycles. The Bertz CT molecular complexity index is 946. The lowest BCUT2D eigenvalue weighted by molar-refractivity contribution is -0.128. The summed E-state index contributed by atoms with van der Waals surface area (Å²) in [6.45, 7) is 1.60. The number of nitrogens with one attached hydrogen (secondary N) is 2. The number of nitrogens with zero attached hydrogens (tertiary/aromatic N) is 1. The SMILES string of the molecule is CC(Oc1cccc(Br)c1)C(=O)NNC(=O)c1csc(-c2ccccc2)n1. The molecule has 27 heavy (non-hydrogen) atoms. The molecule has 1 atom stereocenters. The Morgan fingerprint density at radius 2 is 1.89 bits per heavy atom. The fourth-order valence-electron chi connectivity index (χ4n) is 2.17. The van der Waals surface area contributed by atoms with Crippen molar-refractivity contribution in [1.82, 2.24) is 15.8 Å². The Kier molecular flexibility index (Phi) is 6.20. The number of carbonyl (C=O) groups is 2. The van der Waals surface area contributed by atoms with Crippen LogP contribution in [-0.2, 0) is 4.79 Å². The second-order valence-electron chi connectivity index (χ2n) is 5.56. The molecule has 3 rings (SSSR count). The predicted molar refractivity (Wildman–Crippen MR) is 107 cm³/mol. The first-order valence-corrected chi connectivity index (χ1v) is 9.73. The zero-order chi connectivity index (χ0) is 19.2. The van der Waals surface area contributed by atoms with E-state index in [0.717, 1.165) is 15.0 Å². The highest BCUT2D eigenvalue weighted by atomic mass is 79.9. The van der Waals surface area contributed by atoms with Crippen LogP contribution < -0.4 is 15.6 Å². The van der Waals surface area contributed by atoms with Crippen molar-refractivity contribution in [2.24, 2.45) is 0 Å². The lowest BCUT2D eigenvalue weighted by Crippen LogP contribution is -2.47. The molecule has 8 heteroatoms. The first-order chi connectivity index (χ1) is 13.0. The molecule has 0 aliphatic carbocycles. The van der Waals surface area contributed by atoms with E-state index in [1.165, 1.54) is 11.3 Å². The minimum Gasteiger partial charge on any atom is -0.481 e. The molecule has 2 amide bonds. The first kappa shape index (κ1) is 19.1. The largest absolute Gasteiger partial charge is 0.481 e. The van der Waals surface area contributed by atoms with Crippen LogP contribution in [0.15, 0.2) is 64.5 Å². The maximum Gasteiger partial charge on any atom is 0.289 e. The van der Waals surface area contributed by atoms with Gasteiger partial charge in [0.2, 0.25) is 0 Å². The lowest BCUT2D eigenvalue weighted by atomic mass is 10.2. The zero-order valence-corrected chi connectivity index (χ0v) is 16.7. The van der Waals surface area contributed by atoms with E-state index in [-0.39, 0.29) is 5.69 Å². The van der Waals surface area contributed by atoms with Crippen molar-refractivity contribution in [3.63, 3.8) is 0 Å².